The number of ether oxygens (including phenoxy) is 2. The number of esters is 1. The number of hydrogen-bond acceptors (Lipinski definition) is 6. The molecule has 0 radical (unpaired) electrons. The molecule has 0 amide bonds. The molecule has 0 saturated heterocycles. The number of carboxylic acids is 1. The zero-order chi connectivity index (χ0) is 22.0. The molecule has 0 bridgehead atoms. The number of carbonyl (C=O) groups is 2. The number of hydrogen-bond donors (Lipinski definition) is 1. The molecule has 3 aromatic rings. The maximum atomic E-state index is 12.5. The van der Waals surface area contributed by atoms with Gasteiger partial charge in [0.1, 0.15) is 11.8 Å². The van der Waals surface area contributed by atoms with E-state index in [0.717, 1.165) is 10.4 Å². The van der Waals surface area contributed by atoms with Crippen LogP contribution in [0.3, 0.4) is 0 Å². The average molecular weight is 458 g/mol. The molecular formula is C23H20ClNO5S. The third-order valence-electron chi connectivity index (χ3n) is 5.19. The molecule has 2 heterocycles. The lowest BCUT2D eigenvalue weighted by Gasteiger charge is -2.32. The van der Waals surface area contributed by atoms with Crippen LogP contribution in [0.2, 0.25) is 5.02 Å². The predicted molar refractivity (Wildman–Crippen MR) is 118 cm³/mol. The molecule has 1 aliphatic rings. The highest BCUT2D eigenvalue weighted by Gasteiger charge is 2.32. The largest absolute Gasteiger partial charge is 0.497 e. The van der Waals surface area contributed by atoms with E-state index in [1.54, 1.807) is 55.6 Å². The third-order valence-corrected chi connectivity index (χ3v) is 6.65. The van der Waals surface area contributed by atoms with Gasteiger partial charge >= 0.3 is 11.9 Å². The number of carbonyl (C=O) groups excluding carboxylic acids is 1. The predicted octanol–water partition coefficient (Wildman–Crippen LogP) is 4.81. The molecule has 0 unspecified atom stereocenters. The van der Waals surface area contributed by atoms with Crippen LogP contribution in [0.5, 0.6) is 10.8 Å². The molecule has 4 rings (SSSR count). The van der Waals surface area contributed by atoms with Gasteiger partial charge in [0.15, 0.2) is 5.06 Å². The van der Waals surface area contributed by atoms with Crippen LogP contribution < -0.4 is 9.47 Å². The maximum absolute atomic E-state index is 12.5. The van der Waals surface area contributed by atoms with Gasteiger partial charge in [-0.25, -0.2) is 4.79 Å². The number of halogens is 1. The van der Waals surface area contributed by atoms with E-state index in [1.165, 1.54) is 11.3 Å². The van der Waals surface area contributed by atoms with E-state index in [2.05, 4.69) is 0 Å². The second-order valence-electron chi connectivity index (χ2n) is 7.11. The zero-order valence-electron chi connectivity index (χ0n) is 16.7. The molecule has 0 saturated carbocycles. The average Bonchev–Trinajstić information content (AvgIpc) is 3.16. The van der Waals surface area contributed by atoms with Crippen LogP contribution in [0, 0.1) is 0 Å². The lowest BCUT2D eigenvalue weighted by molar-refractivity contribution is -0.144. The van der Waals surface area contributed by atoms with Crippen molar-refractivity contribution in [3.63, 3.8) is 0 Å². The molecule has 1 atom stereocenters. The number of carboxylic acid groups (broad SMARTS) is 1. The first-order valence-corrected chi connectivity index (χ1v) is 10.8. The van der Waals surface area contributed by atoms with Gasteiger partial charge in [-0.15, -0.1) is 11.3 Å². The number of nitrogens with zero attached hydrogens (tertiary/aromatic N) is 1. The van der Waals surface area contributed by atoms with E-state index in [9.17, 15) is 14.7 Å². The Morgan fingerprint density at radius 2 is 1.90 bits per heavy atom. The number of aliphatic carboxylic acids is 1. The highest BCUT2D eigenvalue weighted by Crippen LogP contribution is 2.37. The van der Waals surface area contributed by atoms with Crippen molar-refractivity contribution in [1.82, 2.24) is 4.90 Å². The molecule has 160 valence electrons. The topological polar surface area (TPSA) is 76.1 Å². The smallest absolute Gasteiger partial charge is 0.344 e. The third kappa shape index (κ3) is 4.58. The van der Waals surface area contributed by atoms with E-state index < -0.39 is 18.0 Å². The number of fused-ring (bicyclic) bond motifs is 1. The Bertz CT molecular complexity index is 1110. The Kier molecular flexibility index (Phi) is 6.27. The van der Waals surface area contributed by atoms with Crippen molar-refractivity contribution in [2.75, 3.05) is 13.7 Å². The molecular weight excluding hydrogens is 438 g/mol. The highest BCUT2D eigenvalue weighted by atomic mass is 35.5. The van der Waals surface area contributed by atoms with E-state index in [4.69, 9.17) is 21.1 Å². The summed E-state index contributed by atoms with van der Waals surface area (Å²) in [7, 11) is 1.56. The summed E-state index contributed by atoms with van der Waals surface area (Å²) in [5.74, 6) is -0.731. The van der Waals surface area contributed by atoms with E-state index in [1.807, 2.05) is 11.0 Å². The first kappa shape index (κ1) is 21.4. The summed E-state index contributed by atoms with van der Waals surface area (Å²) in [5.41, 5.74) is 1.96. The SMILES string of the molecule is COc1ccc(C(=O)Oc2cc3c(s2)CCN([C@H](C(=O)O)c2ccccc2Cl)C3)cc1. The van der Waals surface area contributed by atoms with Crippen LogP contribution in [-0.4, -0.2) is 35.6 Å². The van der Waals surface area contributed by atoms with Crippen LogP contribution in [-0.2, 0) is 17.8 Å². The van der Waals surface area contributed by atoms with Crippen LogP contribution in [0.25, 0.3) is 0 Å². The Morgan fingerprint density at radius 1 is 1.16 bits per heavy atom. The van der Waals surface area contributed by atoms with Crippen molar-refractivity contribution in [2.24, 2.45) is 0 Å². The van der Waals surface area contributed by atoms with E-state index in [-0.39, 0.29) is 0 Å². The Morgan fingerprint density at radius 3 is 2.58 bits per heavy atom. The molecule has 0 aliphatic carbocycles. The molecule has 1 aromatic heterocycles. The van der Waals surface area contributed by atoms with Crippen LogP contribution in [0.4, 0.5) is 0 Å². The highest BCUT2D eigenvalue weighted by molar-refractivity contribution is 7.14. The molecule has 1 aliphatic heterocycles. The van der Waals surface area contributed by atoms with Gasteiger partial charge in [0.25, 0.3) is 0 Å². The fraction of sp³-hybridized carbons (Fsp3) is 0.217. The standard InChI is InChI=1S/C23H20ClNO5S/c1-29-16-8-6-14(7-9-16)23(28)30-20-12-15-13-25(11-10-19(15)31-20)21(22(26)27)17-4-2-3-5-18(17)24/h2-9,12,21H,10-11,13H2,1H3,(H,26,27)/t21-/m0/s1. The maximum Gasteiger partial charge on any atom is 0.344 e. The van der Waals surface area contributed by atoms with Gasteiger partial charge in [-0.1, -0.05) is 29.8 Å². The minimum atomic E-state index is -0.946. The number of rotatable bonds is 6. The first-order chi connectivity index (χ1) is 15.0. The number of benzene rings is 2. The van der Waals surface area contributed by atoms with Gasteiger partial charge in [-0.05, 0) is 53.9 Å². The lowest BCUT2D eigenvalue weighted by Crippen LogP contribution is -2.37. The molecule has 0 spiro atoms. The van der Waals surface area contributed by atoms with Gasteiger partial charge in [-0.3, -0.25) is 9.69 Å². The molecule has 6 nitrogen and oxygen atoms in total. The van der Waals surface area contributed by atoms with Crippen molar-refractivity contribution < 1.29 is 24.2 Å². The van der Waals surface area contributed by atoms with Crippen molar-refractivity contribution in [2.45, 2.75) is 19.0 Å². The van der Waals surface area contributed by atoms with Gasteiger partial charge in [-0.2, -0.15) is 0 Å². The van der Waals surface area contributed by atoms with Crippen LogP contribution >= 0.6 is 22.9 Å². The summed E-state index contributed by atoms with van der Waals surface area (Å²) in [6, 6.07) is 14.7. The van der Waals surface area contributed by atoms with Crippen LogP contribution in [0.15, 0.2) is 54.6 Å². The first-order valence-electron chi connectivity index (χ1n) is 9.65. The van der Waals surface area contributed by atoms with Gasteiger partial charge in [0, 0.05) is 23.0 Å². The van der Waals surface area contributed by atoms with E-state index >= 15 is 0 Å². The monoisotopic (exact) mass is 457 g/mol. The normalized spacial score (nSPS) is 14.5. The quantitative estimate of drug-likeness (QED) is 0.535. The number of thiophene rings is 1. The summed E-state index contributed by atoms with van der Waals surface area (Å²) in [4.78, 5) is 27.5. The second kappa shape index (κ2) is 9.09. The molecule has 31 heavy (non-hydrogen) atoms. The Labute approximate surface area is 188 Å². The molecule has 1 N–H and O–H groups in total. The fourth-order valence-corrected chi connectivity index (χ4v) is 4.91. The molecule has 0 fully saturated rings. The van der Waals surface area contributed by atoms with Crippen LogP contribution in [0.1, 0.15) is 32.4 Å². The molecule has 2 aromatic carbocycles. The van der Waals surface area contributed by atoms with Gasteiger partial charge < -0.3 is 14.6 Å². The van der Waals surface area contributed by atoms with Crippen molar-refractivity contribution in [1.29, 1.82) is 0 Å². The fourth-order valence-electron chi connectivity index (χ4n) is 3.66. The van der Waals surface area contributed by atoms with E-state index in [0.29, 0.717) is 46.5 Å². The minimum Gasteiger partial charge on any atom is -0.497 e. The summed E-state index contributed by atoms with van der Waals surface area (Å²) in [6.45, 7) is 1.01. The number of methoxy groups -OCH3 is 1. The summed E-state index contributed by atoms with van der Waals surface area (Å²) >= 11 is 7.69. The lowest BCUT2D eigenvalue weighted by atomic mass is 10.0. The Hall–Kier alpha value is -2.87. The van der Waals surface area contributed by atoms with Crippen molar-refractivity contribution >= 4 is 34.9 Å². The molecule has 8 heteroatoms. The summed E-state index contributed by atoms with van der Waals surface area (Å²) in [5, 5.41) is 10.8. The second-order valence-corrected chi connectivity index (χ2v) is 8.62. The summed E-state index contributed by atoms with van der Waals surface area (Å²) in [6.07, 6.45) is 0.675. The Balaban J connectivity index is 1.50. The van der Waals surface area contributed by atoms with Crippen molar-refractivity contribution in [3.8, 4) is 10.8 Å². The minimum absolute atomic E-state index is 0.429. The van der Waals surface area contributed by atoms with Gasteiger partial charge in [0.05, 0.1) is 12.7 Å². The van der Waals surface area contributed by atoms with Crippen molar-refractivity contribution in [3.05, 3.63) is 81.2 Å². The van der Waals surface area contributed by atoms with Gasteiger partial charge in [0.2, 0.25) is 0 Å². The summed E-state index contributed by atoms with van der Waals surface area (Å²) < 4.78 is 10.7. The zero-order valence-corrected chi connectivity index (χ0v) is 18.3.